The van der Waals surface area contributed by atoms with Gasteiger partial charge in [-0.05, 0) is 46.3 Å². The number of hydrogen-bond acceptors (Lipinski definition) is 1. The standard InChI is InChI=1S/C14H17BrF2O/c1-8-3-2-4-9(8)13(18)7-10-12(16)6-5-11(15)14(10)17/h5-6,8-9,13,18H,2-4,7H2,1H3. The lowest BCUT2D eigenvalue weighted by Crippen LogP contribution is -2.25. The van der Waals surface area contributed by atoms with Crippen molar-refractivity contribution in [3.8, 4) is 0 Å². The number of halogens is 3. The monoisotopic (exact) mass is 318 g/mol. The maximum Gasteiger partial charge on any atom is 0.143 e. The van der Waals surface area contributed by atoms with Crippen molar-refractivity contribution < 1.29 is 13.9 Å². The summed E-state index contributed by atoms with van der Waals surface area (Å²) < 4.78 is 27.7. The zero-order chi connectivity index (χ0) is 13.3. The molecule has 1 aromatic carbocycles. The van der Waals surface area contributed by atoms with Gasteiger partial charge in [-0.25, -0.2) is 8.78 Å². The lowest BCUT2D eigenvalue weighted by molar-refractivity contribution is 0.0884. The topological polar surface area (TPSA) is 20.2 Å². The largest absolute Gasteiger partial charge is 0.392 e. The molecule has 3 atom stereocenters. The first-order valence-electron chi connectivity index (χ1n) is 6.31. The Morgan fingerprint density at radius 1 is 1.39 bits per heavy atom. The number of hydrogen-bond donors (Lipinski definition) is 1. The highest BCUT2D eigenvalue weighted by Crippen LogP contribution is 2.35. The molecule has 1 fully saturated rings. The molecule has 2 rings (SSSR count). The number of benzene rings is 1. The van der Waals surface area contributed by atoms with Gasteiger partial charge >= 0.3 is 0 Å². The Morgan fingerprint density at radius 3 is 2.72 bits per heavy atom. The second kappa shape index (κ2) is 5.66. The van der Waals surface area contributed by atoms with E-state index in [0.717, 1.165) is 19.3 Å². The van der Waals surface area contributed by atoms with Crippen molar-refractivity contribution in [3.05, 3.63) is 33.8 Å². The quantitative estimate of drug-likeness (QED) is 0.833. The van der Waals surface area contributed by atoms with Crippen LogP contribution in [0.3, 0.4) is 0 Å². The van der Waals surface area contributed by atoms with Crippen LogP contribution >= 0.6 is 15.9 Å². The van der Waals surface area contributed by atoms with E-state index in [1.807, 2.05) is 0 Å². The van der Waals surface area contributed by atoms with Crippen LogP contribution in [0.2, 0.25) is 0 Å². The van der Waals surface area contributed by atoms with E-state index >= 15 is 0 Å². The fraction of sp³-hybridized carbons (Fsp3) is 0.571. The molecule has 100 valence electrons. The minimum Gasteiger partial charge on any atom is -0.392 e. The molecule has 0 amide bonds. The summed E-state index contributed by atoms with van der Waals surface area (Å²) in [4.78, 5) is 0. The third-order valence-electron chi connectivity index (χ3n) is 3.97. The summed E-state index contributed by atoms with van der Waals surface area (Å²) in [6, 6.07) is 2.58. The molecule has 1 aliphatic carbocycles. The van der Waals surface area contributed by atoms with E-state index < -0.39 is 17.7 Å². The van der Waals surface area contributed by atoms with E-state index in [1.54, 1.807) is 0 Å². The summed E-state index contributed by atoms with van der Waals surface area (Å²) in [7, 11) is 0. The van der Waals surface area contributed by atoms with E-state index in [-0.39, 0.29) is 22.4 Å². The zero-order valence-electron chi connectivity index (χ0n) is 10.3. The van der Waals surface area contributed by atoms with Crippen molar-refractivity contribution in [2.45, 2.75) is 38.7 Å². The van der Waals surface area contributed by atoms with E-state index in [0.29, 0.717) is 5.92 Å². The number of rotatable bonds is 3. The number of aliphatic hydroxyl groups excluding tert-OH is 1. The van der Waals surface area contributed by atoms with Crippen molar-refractivity contribution in [3.63, 3.8) is 0 Å². The van der Waals surface area contributed by atoms with Gasteiger partial charge in [0, 0.05) is 12.0 Å². The first kappa shape index (κ1) is 13.9. The van der Waals surface area contributed by atoms with Crippen LogP contribution in [-0.2, 0) is 6.42 Å². The SMILES string of the molecule is CC1CCCC1C(O)Cc1c(F)ccc(Br)c1F. The van der Waals surface area contributed by atoms with Gasteiger partial charge in [-0.15, -0.1) is 0 Å². The van der Waals surface area contributed by atoms with E-state index in [2.05, 4.69) is 22.9 Å². The minimum absolute atomic E-state index is 0.0176. The van der Waals surface area contributed by atoms with Crippen LogP contribution in [0.1, 0.15) is 31.7 Å². The van der Waals surface area contributed by atoms with Crippen LogP contribution in [0.5, 0.6) is 0 Å². The Bertz CT molecular complexity index is 436. The molecule has 1 saturated carbocycles. The first-order valence-corrected chi connectivity index (χ1v) is 7.10. The summed E-state index contributed by atoms with van der Waals surface area (Å²) in [5, 5.41) is 10.2. The van der Waals surface area contributed by atoms with Gasteiger partial charge in [-0.3, -0.25) is 0 Å². The fourth-order valence-electron chi connectivity index (χ4n) is 2.86. The molecule has 1 nitrogen and oxygen atoms in total. The normalized spacial score (nSPS) is 25.4. The van der Waals surface area contributed by atoms with Gasteiger partial charge in [0.25, 0.3) is 0 Å². The summed E-state index contributed by atoms with van der Waals surface area (Å²) in [5.74, 6) is -0.596. The Balaban J connectivity index is 2.16. The number of aliphatic hydroxyl groups is 1. The fourth-order valence-corrected chi connectivity index (χ4v) is 3.23. The maximum atomic E-state index is 13.8. The van der Waals surface area contributed by atoms with Crippen LogP contribution < -0.4 is 0 Å². The molecular formula is C14H17BrF2O. The average molecular weight is 319 g/mol. The summed E-state index contributed by atoms with van der Waals surface area (Å²) >= 11 is 3.04. The maximum absolute atomic E-state index is 13.8. The van der Waals surface area contributed by atoms with Crippen molar-refractivity contribution in [1.82, 2.24) is 0 Å². The van der Waals surface area contributed by atoms with E-state index in [1.165, 1.54) is 12.1 Å². The van der Waals surface area contributed by atoms with Gasteiger partial charge in [0.05, 0.1) is 10.6 Å². The van der Waals surface area contributed by atoms with Gasteiger partial charge < -0.3 is 5.11 Å². The lowest BCUT2D eigenvalue weighted by Gasteiger charge is -2.22. The molecule has 3 unspecified atom stereocenters. The molecule has 1 N–H and O–H groups in total. The molecule has 0 bridgehead atoms. The first-order chi connectivity index (χ1) is 8.50. The Kier molecular flexibility index (Phi) is 4.38. The molecule has 4 heteroatoms. The van der Waals surface area contributed by atoms with Crippen molar-refractivity contribution in [2.24, 2.45) is 11.8 Å². The van der Waals surface area contributed by atoms with E-state index in [4.69, 9.17) is 0 Å². The van der Waals surface area contributed by atoms with Gasteiger partial charge in [-0.2, -0.15) is 0 Å². The van der Waals surface area contributed by atoms with Crippen molar-refractivity contribution in [2.75, 3.05) is 0 Å². The highest BCUT2D eigenvalue weighted by molar-refractivity contribution is 9.10. The van der Waals surface area contributed by atoms with Gasteiger partial charge in [0.15, 0.2) is 0 Å². The third-order valence-corrected chi connectivity index (χ3v) is 4.59. The third kappa shape index (κ3) is 2.75. The summed E-state index contributed by atoms with van der Waals surface area (Å²) in [6.07, 6.45) is 2.50. The molecule has 0 heterocycles. The average Bonchev–Trinajstić information content (AvgIpc) is 2.76. The summed E-state index contributed by atoms with van der Waals surface area (Å²) in [5.41, 5.74) is -0.0176. The highest BCUT2D eigenvalue weighted by Gasteiger charge is 2.31. The Hall–Kier alpha value is -0.480. The van der Waals surface area contributed by atoms with Crippen molar-refractivity contribution in [1.29, 1.82) is 0 Å². The Labute approximate surface area is 114 Å². The van der Waals surface area contributed by atoms with Gasteiger partial charge in [0.1, 0.15) is 11.6 Å². The molecular weight excluding hydrogens is 302 g/mol. The predicted molar refractivity (Wildman–Crippen MR) is 70.3 cm³/mol. The van der Waals surface area contributed by atoms with Crippen LogP contribution in [0.4, 0.5) is 8.78 Å². The molecule has 0 radical (unpaired) electrons. The lowest BCUT2D eigenvalue weighted by atomic mass is 9.88. The van der Waals surface area contributed by atoms with Gasteiger partial charge in [-0.1, -0.05) is 19.8 Å². The molecule has 0 aromatic heterocycles. The molecule has 0 saturated heterocycles. The van der Waals surface area contributed by atoms with Crippen LogP contribution in [0, 0.1) is 23.5 Å². The van der Waals surface area contributed by atoms with Crippen LogP contribution in [0.15, 0.2) is 16.6 Å². The molecule has 0 aliphatic heterocycles. The second-order valence-corrected chi connectivity index (χ2v) is 6.02. The zero-order valence-corrected chi connectivity index (χ0v) is 11.9. The summed E-state index contributed by atoms with van der Waals surface area (Å²) in [6.45, 7) is 2.09. The van der Waals surface area contributed by atoms with Crippen molar-refractivity contribution >= 4 is 15.9 Å². The van der Waals surface area contributed by atoms with Gasteiger partial charge in [0.2, 0.25) is 0 Å². The smallest absolute Gasteiger partial charge is 0.143 e. The van der Waals surface area contributed by atoms with Crippen LogP contribution in [0.25, 0.3) is 0 Å². The predicted octanol–water partition coefficient (Wildman–Crippen LogP) is 4.07. The van der Waals surface area contributed by atoms with Crippen LogP contribution in [-0.4, -0.2) is 11.2 Å². The minimum atomic E-state index is -0.666. The molecule has 1 aromatic rings. The van der Waals surface area contributed by atoms with E-state index in [9.17, 15) is 13.9 Å². The molecule has 0 spiro atoms. The second-order valence-electron chi connectivity index (χ2n) is 5.17. The highest BCUT2D eigenvalue weighted by atomic mass is 79.9. The molecule has 18 heavy (non-hydrogen) atoms. The molecule has 1 aliphatic rings. The Morgan fingerprint density at radius 2 is 2.11 bits per heavy atom.